The lowest BCUT2D eigenvalue weighted by molar-refractivity contribution is 0.104. The van der Waals surface area contributed by atoms with E-state index in [4.69, 9.17) is 0 Å². The number of carbonyl (C=O) groups excluding carboxylic acids is 1. The van der Waals surface area contributed by atoms with Crippen molar-refractivity contribution in [2.24, 2.45) is 0 Å². The topological polar surface area (TPSA) is 17.1 Å². The highest BCUT2D eigenvalue weighted by Crippen LogP contribution is 2.31. The van der Waals surface area contributed by atoms with E-state index in [1.165, 1.54) is 16.2 Å². The Bertz CT molecular complexity index is 541. The molecule has 0 unspecified atom stereocenters. The second-order valence-corrected chi connectivity index (χ2v) is 7.18. The molecule has 0 N–H and O–H groups in total. The number of hydrogen-bond donors (Lipinski definition) is 0. The predicted octanol–water partition coefficient (Wildman–Crippen LogP) is 4.65. The van der Waals surface area contributed by atoms with E-state index in [9.17, 15) is 4.79 Å². The normalized spacial score (nSPS) is 11.8. The Balaban J connectivity index is 2.33. The first-order valence-electron chi connectivity index (χ1n) is 5.58. The summed E-state index contributed by atoms with van der Waals surface area (Å²) < 4.78 is 0. The zero-order valence-corrected chi connectivity index (χ0v) is 12.2. The molecule has 0 aliphatic rings. The number of carbonyl (C=O) groups is 1. The molecule has 2 rings (SSSR count). The van der Waals surface area contributed by atoms with Gasteiger partial charge in [-0.2, -0.15) is 0 Å². The summed E-state index contributed by atoms with van der Waals surface area (Å²) in [6, 6.07) is 6.02. The molecule has 0 fully saturated rings. The maximum Gasteiger partial charge on any atom is 0.213 e. The average molecular weight is 264 g/mol. The van der Waals surface area contributed by atoms with Gasteiger partial charge in [0, 0.05) is 4.88 Å². The van der Waals surface area contributed by atoms with E-state index < -0.39 is 0 Å². The van der Waals surface area contributed by atoms with Crippen LogP contribution in [0.15, 0.2) is 23.6 Å². The molecule has 1 nitrogen and oxygen atoms in total. The molecule has 2 heterocycles. The van der Waals surface area contributed by atoms with Gasteiger partial charge < -0.3 is 0 Å². The molecule has 0 saturated heterocycles. The highest BCUT2D eigenvalue weighted by molar-refractivity contribution is 7.17. The van der Waals surface area contributed by atoms with Crippen molar-refractivity contribution in [1.82, 2.24) is 0 Å². The third kappa shape index (κ3) is 2.50. The first kappa shape index (κ1) is 12.5. The Morgan fingerprint density at radius 3 is 2.35 bits per heavy atom. The fourth-order valence-corrected chi connectivity index (χ4v) is 3.53. The number of hydrogen-bond acceptors (Lipinski definition) is 3. The quantitative estimate of drug-likeness (QED) is 0.722. The van der Waals surface area contributed by atoms with Crippen LogP contribution in [0.4, 0.5) is 0 Å². The van der Waals surface area contributed by atoms with E-state index in [1.54, 1.807) is 11.3 Å². The minimum atomic E-state index is 0.119. The summed E-state index contributed by atoms with van der Waals surface area (Å²) >= 11 is 3.14. The molecule has 0 aliphatic carbocycles. The van der Waals surface area contributed by atoms with Crippen molar-refractivity contribution in [3.8, 4) is 0 Å². The van der Waals surface area contributed by atoms with Gasteiger partial charge in [0.2, 0.25) is 5.78 Å². The summed E-state index contributed by atoms with van der Waals surface area (Å²) in [4.78, 5) is 15.3. The van der Waals surface area contributed by atoms with Crippen LogP contribution in [0.25, 0.3) is 0 Å². The van der Waals surface area contributed by atoms with Crippen molar-refractivity contribution in [2.75, 3.05) is 0 Å². The summed E-state index contributed by atoms with van der Waals surface area (Å²) in [6.45, 7) is 8.50. The minimum Gasteiger partial charge on any atom is -0.287 e. The fraction of sp³-hybridized carbons (Fsp3) is 0.357. The van der Waals surface area contributed by atoms with Crippen molar-refractivity contribution in [3.63, 3.8) is 0 Å². The highest BCUT2D eigenvalue weighted by Gasteiger charge is 2.20. The van der Waals surface area contributed by atoms with Crippen LogP contribution in [-0.4, -0.2) is 5.78 Å². The summed E-state index contributed by atoms with van der Waals surface area (Å²) in [5.74, 6) is 0.165. The van der Waals surface area contributed by atoms with Crippen LogP contribution >= 0.6 is 22.7 Å². The summed E-state index contributed by atoms with van der Waals surface area (Å²) in [5.41, 5.74) is 1.19. The number of thiophene rings is 2. The molecule has 3 heteroatoms. The molecule has 0 spiro atoms. The van der Waals surface area contributed by atoms with Crippen molar-refractivity contribution in [2.45, 2.75) is 33.1 Å². The summed E-state index contributed by atoms with van der Waals surface area (Å²) in [5, 5.41) is 1.97. The van der Waals surface area contributed by atoms with Crippen molar-refractivity contribution < 1.29 is 4.79 Å². The van der Waals surface area contributed by atoms with Crippen LogP contribution in [0.2, 0.25) is 0 Å². The first-order valence-corrected chi connectivity index (χ1v) is 7.28. The lowest BCUT2D eigenvalue weighted by Crippen LogP contribution is -2.07. The molecular weight excluding hydrogens is 248 g/mol. The second-order valence-electron chi connectivity index (χ2n) is 5.18. The highest BCUT2D eigenvalue weighted by atomic mass is 32.1. The van der Waals surface area contributed by atoms with Gasteiger partial charge in [0.1, 0.15) is 0 Å². The SMILES string of the molecule is Cc1ccsc1C(=O)c1ccc(C(C)(C)C)s1. The van der Waals surface area contributed by atoms with E-state index in [2.05, 4.69) is 26.8 Å². The molecule has 0 radical (unpaired) electrons. The zero-order chi connectivity index (χ0) is 12.6. The maximum atomic E-state index is 12.3. The van der Waals surface area contributed by atoms with E-state index in [0.29, 0.717) is 0 Å². The lowest BCUT2D eigenvalue weighted by Gasteiger charge is -2.15. The van der Waals surface area contributed by atoms with E-state index in [-0.39, 0.29) is 11.2 Å². The van der Waals surface area contributed by atoms with Crippen molar-refractivity contribution in [3.05, 3.63) is 43.8 Å². The Labute approximate surface area is 110 Å². The van der Waals surface area contributed by atoms with Gasteiger partial charge in [-0.05, 0) is 41.5 Å². The van der Waals surface area contributed by atoms with E-state index >= 15 is 0 Å². The third-order valence-electron chi connectivity index (χ3n) is 2.64. The second kappa shape index (κ2) is 4.39. The molecule has 0 bridgehead atoms. The molecule has 90 valence electrons. The molecule has 17 heavy (non-hydrogen) atoms. The number of rotatable bonds is 2. The molecule has 0 amide bonds. The van der Waals surface area contributed by atoms with Crippen LogP contribution in [0, 0.1) is 6.92 Å². The largest absolute Gasteiger partial charge is 0.287 e. The standard InChI is InChI=1S/C14H16OS2/c1-9-7-8-16-13(9)12(15)10-5-6-11(17-10)14(2,3)4/h5-8H,1-4H3. The van der Waals surface area contributed by atoms with Gasteiger partial charge in [-0.3, -0.25) is 4.79 Å². The van der Waals surface area contributed by atoms with Gasteiger partial charge >= 0.3 is 0 Å². The van der Waals surface area contributed by atoms with Gasteiger partial charge in [0.05, 0.1) is 9.75 Å². The molecule has 2 aromatic rings. The molecular formula is C14H16OS2. The molecule has 0 aromatic carbocycles. The third-order valence-corrected chi connectivity index (χ3v) is 5.16. The Hall–Kier alpha value is -0.930. The first-order chi connectivity index (χ1) is 7.89. The monoisotopic (exact) mass is 264 g/mol. The average Bonchev–Trinajstić information content (AvgIpc) is 2.83. The maximum absolute atomic E-state index is 12.3. The lowest BCUT2D eigenvalue weighted by atomic mass is 9.95. The summed E-state index contributed by atoms with van der Waals surface area (Å²) in [7, 11) is 0. The summed E-state index contributed by atoms with van der Waals surface area (Å²) in [6.07, 6.45) is 0. The molecule has 0 saturated carbocycles. The molecule has 0 aliphatic heterocycles. The Kier molecular flexibility index (Phi) is 3.23. The van der Waals surface area contributed by atoms with E-state index in [0.717, 1.165) is 15.3 Å². The van der Waals surface area contributed by atoms with Crippen LogP contribution in [0.1, 0.15) is 45.8 Å². The van der Waals surface area contributed by atoms with Gasteiger partial charge in [-0.15, -0.1) is 22.7 Å². The van der Waals surface area contributed by atoms with Crippen LogP contribution < -0.4 is 0 Å². The van der Waals surface area contributed by atoms with Crippen LogP contribution in [0.3, 0.4) is 0 Å². The van der Waals surface area contributed by atoms with Gasteiger partial charge in [-0.25, -0.2) is 0 Å². The zero-order valence-electron chi connectivity index (χ0n) is 10.5. The Morgan fingerprint density at radius 1 is 1.18 bits per heavy atom. The van der Waals surface area contributed by atoms with Crippen molar-refractivity contribution >= 4 is 28.5 Å². The van der Waals surface area contributed by atoms with Crippen molar-refractivity contribution in [1.29, 1.82) is 0 Å². The number of ketones is 1. The smallest absolute Gasteiger partial charge is 0.213 e. The minimum absolute atomic E-state index is 0.119. The molecule has 0 atom stereocenters. The Morgan fingerprint density at radius 2 is 1.88 bits per heavy atom. The van der Waals surface area contributed by atoms with Gasteiger partial charge in [0.15, 0.2) is 0 Å². The van der Waals surface area contributed by atoms with Gasteiger partial charge in [0.25, 0.3) is 0 Å². The van der Waals surface area contributed by atoms with Crippen LogP contribution in [-0.2, 0) is 5.41 Å². The molecule has 2 aromatic heterocycles. The van der Waals surface area contributed by atoms with Gasteiger partial charge in [-0.1, -0.05) is 20.8 Å². The number of aryl methyl sites for hydroxylation is 1. The van der Waals surface area contributed by atoms with Crippen LogP contribution in [0.5, 0.6) is 0 Å². The predicted molar refractivity (Wildman–Crippen MR) is 75.5 cm³/mol. The fourth-order valence-electron chi connectivity index (χ4n) is 1.58. The van der Waals surface area contributed by atoms with E-state index in [1.807, 2.05) is 24.4 Å².